The van der Waals surface area contributed by atoms with Crippen molar-refractivity contribution >= 4 is 35.2 Å². The fraction of sp³-hybridized carbons (Fsp3) is 0.333. The SMILES string of the molecule is CCNC(=O)[C@H](C)N(Cc1ccccc1)C(=O)CSCc1ccc(Cl)cc1. The molecule has 0 aliphatic rings. The van der Waals surface area contributed by atoms with Gasteiger partial charge in [-0.2, -0.15) is 0 Å². The summed E-state index contributed by atoms with van der Waals surface area (Å²) in [5.74, 6) is 0.859. The highest BCUT2D eigenvalue weighted by Crippen LogP contribution is 2.17. The van der Waals surface area contributed by atoms with Gasteiger partial charge in [0.15, 0.2) is 0 Å². The van der Waals surface area contributed by atoms with Crippen LogP contribution in [0.25, 0.3) is 0 Å². The van der Waals surface area contributed by atoms with Crippen molar-refractivity contribution in [2.24, 2.45) is 0 Å². The lowest BCUT2D eigenvalue weighted by Gasteiger charge is -2.28. The molecule has 0 unspecified atom stereocenters. The van der Waals surface area contributed by atoms with Crippen LogP contribution in [-0.2, 0) is 21.9 Å². The summed E-state index contributed by atoms with van der Waals surface area (Å²) < 4.78 is 0. The summed E-state index contributed by atoms with van der Waals surface area (Å²) in [6.45, 7) is 4.60. The second-order valence-corrected chi connectivity index (χ2v) is 7.62. The van der Waals surface area contributed by atoms with Gasteiger partial charge in [-0.15, -0.1) is 11.8 Å². The lowest BCUT2D eigenvalue weighted by molar-refractivity contribution is -0.138. The van der Waals surface area contributed by atoms with Gasteiger partial charge in [-0.05, 0) is 37.1 Å². The molecule has 0 aliphatic heterocycles. The van der Waals surface area contributed by atoms with Crippen molar-refractivity contribution in [2.75, 3.05) is 12.3 Å². The number of likely N-dealkylation sites (N-methyl/N-ethyl adjacent to an activating group) is 1. The smallest absolute Gasteiger partial charge is 0.242 e. The van der Waals surface area contributed by atoms with Crippen molar-refractivity contribution in [2.45, 2.75) is 32.2 Å². The lowest BCUT2D eigenvalue weighted by Crippen LogP contribution is -2.48. The highest BCUT2D eigenvalue weighted by molar-refractivity contribution is 7.99. The molecule has 27 heavy (non-hydrogen) atoms. The average molecular weight is 405 g/mol. The van der Waals surface area contributed by atoms with Crippen LogP contribution in [0.5, 0.6) is 0 Å². The molecule has 2 aromatic carbocycles. The quantitative estimate of drug-likeness (QED) is 0.683. The maximum absolute atomic E-state index is 12.8. The van der Waals surface area contributed by atoms with Gasteiger partial charge in [0, 0.05) is 23.9 Å². The Morgan fingerprint density at radius 3 is 2.37 bits per heavy atom. The molecule has 144 valence electrons. The fourth-order valence-corrected chi connectivity index (χ4v) is 3.60. The Hall–Kier alpha value is -1.98. The molecule has 0 radical (unpaired) electrons. The molecule has 0 aromatic heterocycles. The van der Waals surface area contributed by atoms with Gasteiger partial charge in [0.1, 0.15) is 6.04 Å². The Balaban J connectivity index is 2.00. The Kier molecular flexibility index (Phi) is 8.69. The molecular formula is C21H25ClN2O2S. The van der Waals surface area contributed by atoms with E-state index in [4.69, 9.17) is 11.6 Å². The molecule has 4 nitrogen and oxygen atoms in total. The molecule has 0 heterocycles. The molecule has 0 saturated carbocycles. The van der Waals surface area contributed by atoms with Crippen LogP contribution < -0.4 is 5.32 Å². The molecule has 2 amide bonds. The van der Waals surface area contributed by atoms with E-state index in [1.807, 2.05) is 61.5 Å². The minimum Gasteiger partial charge on any atom is -0.355 e. The van der Waals surface area contributed by atoms with E-state index >= 15 is 0 Å². The molecule has 2 aromatic rings. The number of carbonyl (C=O) groups is 2. The van der Waals surface area contributed by atoms with Crippen LogP contribution in [-0.4, -0.2) is 35.1 Å². The van der Waals surface area contributed by atoms with Crippen LogP contribution in [0, 0.1) is 0 Å². The molecule has 0 fully saturated rings. The van der Waals surface area contributed by atoms with Crippen molar-refractivity contribution in [3.63, 3.8) is 0 Å². The van der Waals surface area contributed by atoms with Gasteiger partial charge in [0.2, 0.25) is 11.8 Å². The first-order valence-corrected chi connectivity index (χ1v) is 10.5. The number of hydrogen-bond acceptors (Lipinski definition) is 3. The number of amides is 2. The second kappa shape index (κ2) is 11.0. The van der Waals surface area contributed by atoms with E-state index in [2.05, 4.69) is 5.32 Å². The first kappa shape index (κ1) is 21.3. The zero-order valence-corrected chi connectivity index (χ0v) is 17.2. The van der Waals surface area contributed by atoms with Gasteiger partial charge in [-0.25, -0.2) is 0 Å². The summed E-state index contributed by atoms with van der Waals surface area (Å²) in [6, 6.07) is 16.8. The van der Waals surface area contributed by atoms with Crippen LogP contribution in [0.2, 0.25) is 5.02 Å². The highest BCUT2D eigenvalue weighted by atomic mass is 35.5. The highest BCUT2D eigenvalue weighted by Gasteiger charge is 2.25. The predicted molar refractivity (Wildman–Crippen MR) is 113 cm³/mol. The molecule has 0 bridgehead atoms. The van der Waals surface area contributed by atoms with E-state index in [9.17, 15) is 9.59 Å². The number of carbonyl (C=O) groups excluding carboxylic acids is 2. The molecular weight excluding hydrogens is 380 g/mol. The predicted octanol–water partition coefficient (Wildman–Crippen LogP) is 4.13. The van der Waals surface area contributed by atoms with Crippen molar-refractivity contribution < 1.29 is 9.59 Å². The van der Waals surface area contributed by atoms with Crippen LogP contribution in [0.1, 0.15) is 25.0 Å². The fourth-order valence-electron chi connectivity index (χ4n) is 2.60. The van der Waals surface area contributed by atoms with E-state index in [-0.39, 0.29) is 11.8 Å². The minimum atomic E-state index is -0.520. The Morgan fingerprint density at radius 2 is 1.74 bits per heavy atom. The zero-order valence-electron chi connectivity index (χ0n) is 15.7. The number of nitrogens with one attached hydrogen (secondary N) is 1. The first-order valence-electron chi connectivity index (χ1n) is 8.94. The van der Waals surface area contributed by atoms with Gasteiger partial charge < -0.3 is 10.2 Å². The average Bonchev–Trinajstić information content (AvgIpc) is 2.68. The number of halogens is 1. The van der Waals surface area contributed by atoms with Crippen molar-refractivity contribution in [1.29, 1.82) is 0 Å². The van der Waals surface area contributed by atoms with Gasteiger partial charge in [-0.1, -0.05) is 54.1 Å². The van der Waals surface area contributed by atoms with E-state index in [0.717, 1.165) is 16.9 Å². The normalized spacial score (nSPS) is 11.7. The number of nitrogens with zero attached hydrogens (tertiary/aromatic N) is 1. The number of rotatable bonds is 9. The molecule has 1 atom stereocenters. The number of benzene rings is 2. The topological polar surface area (TPSA) is 49.4 Å². The Bertz CT molecular complexity index is 738. The Labute approximate surface area is 170 Å². The summed E-state index contributed by atoms with van der Waals surface area (Å²) in [5, 5.41) is 3.50. The number of hydrogen-bond donors (Lipinski definition) is 1. The van der Waals surface area contributed by atoms with E-state index in [1.54, 1.807) is 11.8 Å². The lowest BCUT2D eigenvalue weighted by atomic mass is 10.1. The van der Waals surface area contributed by atoms with Gasteiger partial charge in [-0.3, -0.25) is 9.59 Å². The third-order valence-electron chi connectivity index (χ3n) is 4.12. The van der Waals surface area contributed by atoms with E-state index < -0.39 is 6.04 Å². The van der Waals surface area contributed by atoms with Gasteiger partial charge in [0.25, 0.3) is 0 Å². The summed E-state index contributed by atoms with van der Waals surface area (Å²) >= 11 is 7.44. The summed E-state index contributed by atoms with van der Waals surface area (Å²) in [4.78, 5) is 26.8. The Morgan fingerprint density at radius 1 is 1.07 bits per heavy atom. The monoisotopic (exact) mass is 404 g/mol. The largest absolute Gasteiger partial charge is 0.355 e. The molecule has 0 aliphatic carbocycles. The van der Waals surface area contributed by atoms with E-state index in [1.165, 1.54) is 11.8 Å². The minimum absolute atomic E-state index is 0.0448. The van der Waals surface area contributed by atoms with Crippen LogP contribution in [0.15, 0.2) is 54.6 Å². The second-order valence-electron chi connectivity index (χ2n) is 6.20. The van der Waals surface area contributed by atoms with Crippen molar-refractivity contribution in [3.05, 3.63) is 70.7 Å². The van der Waals surface area contributed by atoms with Crippen LogP contribution >= 0.6 is 23.4 Å². The maximum atomic E-state index is 12.8. The van der Waals surface area contributed by atoms with Gasteiger partial charge >= 0.3 is 0 Å². The van der Waals surface area contributed by atoms with Gasteiger partial charge in [0.05, 0.1) is 5.75 Å². The molecule has 0 spiro atoms. The molecule has 2 rings (SSSR count). The number of thioether (sulfide) groups is 1. The molecule has 6 heteroatoms. The van der Waals surface area contributed by atoms with Crippen molar-refractivity contribution in [1.82, 2.24) is 10.2 Å². The summed E-state index contributed by atoms with van der Waals surface area (Å²) in [7, 11) is 0. The summed E-state index contributed by atoms with van der Waals surface area (Å²) in [6.07, 6.45) is 0. The third kappa shape index (κ3) is 6.92. The van der Waals surface area contributed by atoms with Crippen LogP contribution in [0.4, 0.5) is 0 Å². The molecule has 0 saturated heterocycles. The first-order chi connectivity index (χ1) is 13.0. The zero-order chi connectivity index (χ0) is 19.6. The summed E-state index contributed by atoms with van der Waals surface area (Å²) in [5.41, 5.74) is 2.12. The maximum Gasteiger partial charge on any atom is 0.242 e. The third-order valence-corrected chi connectivity index (χ3v) is 5.36. The van der Waals surface area contributed by atoms with Crippen molar-refractivity contribution in [3.8, 4) is 0 Å². The van der Waals surface area contributed by atoms with Crippen LogP contribution in [0.3, 0.4) is 0 Å². The standard InChI is InChI=1S/C21H25ClN2O2S/c1-3-23-21(26)16(2)24(13-17-7-5-4-6-8-17)20(25)15-27-14-18-9-11-19(22)12-10-18/h4-12,16H,3,13-15H2,1-2H3,(H,23,26)/t16-/m0/s1. The molecule has 1 N–H and O–H groups in total. The van der Waals surface area contributed by atoms with E-state index in [0.29, 0.717) is 23.9 Å².